The summed E-state index contributed by atoms with van der Waals surface area (Å²) in [5, 5.41) is 6.80. The number of aliphatic imine (C=N–C) groups is 1. The summed E-state index contributed by atoms with van der Waals surface area (Å²) in [6.45, 7) is 6.33. The maximum atomic E-state index is 5.43. The molecule has 1 fully saturated rings. The van der Waals surface area contributed by atoms with Crippen LogP contribution in [0.1, 0.15) is 11.1 Å². The fourth-order valence-corrected chi connectivity index (χ4v) is 3.91. The van der Waals surface area contributed by atoms with Crippen LogP contribution >= 0.6 is 11.8 Å². The van der Waals surface area contributed by atoms with Gasteiger partial charge in [-0.15, -0.1) is 11.8 Å². The third kappa shape index (κ3) is 7.19. The molecule has 0 amide bonds. The Morgan fingerprint density at radius 3 is 2.61 bits per heavy atom. The van der Waals surface area contributed by atoms with Crippen molar-refractivity contribution in [2.45, 2.75) is 18.0 Å². The summed E-state index contributed by atoms with van der Waals surface area (Å²) in [6.07, 6.45) is 0. The zero-order chi connectivity index (χ0) is 19.4. The van der Waals surface area contributed by atoms with E-state index in [4.69, 9.17) is 4.74 Å². The van der Waals surface area contributed by atoms with Crippen molar-refractivity contribution in [1.82, 2.24) is 15.5 Å². The molecule has 0 radical (unpaired) electrons. The highest BCUT2D eigenvalue weighted by atomic mass is 32.2. The van der Waals surface area contributed by atoms with E-state index in [1.807, 2.05) is 24.9 Å². The molecule has 6 heteroatoms. The molecule has 0 atom stereocenters. The Hall–Kier alpha value is -2.02. The summed E-state index contributed by atoms with van der Waals surface area (Å²) in [6, 6.07) is 19.3. The number of guanidine groups is 1. The molecule has 0 spiro atoms. The smallest absolute Gasteiger partial charge is 0.191 e. The minimum absolute atomic E-state index is 0.766. The maximum absolute atomic E-state index is 5.43. The molecular formula is C22H30N4OS. The van der Waals surface area contributed by atoms with E-state index in [0.717, 1.165) is 57.6 Å². The maximum Gasteiger partial charge on any atom is 0.191 e. The van der Waals surface area contributed by atoms with E-state index in [0.29, 0.717) is 0 Å². The monoisotopic (exact) mass is 398 g/mol. The molecular weight excluding hydrogens is 368 g/mol. The molecule has 0 unspecified atom stereocenters. The summed E-state index contributed by atoms with van der Waals surface area (Å²) in [5.74, 6) is 1.84. The van der Waals surface area contributed by atoms with Gasteiger partial charge in [-0.25, -0.2) is 0 Å². The van der Waals surface area contributed by atoms with E-state index in [1.165, 1.54) is 16.0 Å². The lowest BCUT2D eigenvalue weighted by Gasteiger charge is -2.26. The van der Waals surface area contributed by atoms with E-state index in [1.54, 1.807) is 0 Å². The van der Waals surface area contributed by atoms with E-state index in [9.17, 15) is 0 Å². The highest BCUT2D eigenvalue weighted by Crippen LogP contribution is 2.15. The summed E-state index contributed by atoms with van der Waals surface area (Å²) < 4.78 is 5.43. The van der Waals surface area contributed by atoms with Crippen LogP contribution < -0.4 is 10.6 Å². The lowest BCUT2D eigenvalue weighted by atomic mass is 10.1. The van der Waals surface area contributed by atoms with Gasteiger partial charge < -0.3 is 15.4 Å². The minimum Gasteiger partial charge on any atom is -0.379 e. The van der Waals surface area contributed by atoms with Gasteiger partial charge in [-0.2, -0.15) is 0 Å². The van der Waals surface area contributed by atoms with Gasteiger partial charge in [0.05, 0.1) is 13.2 Å². The normalized spacial score (nSPS) is 15.4. The second-order valence-corrected chi connectivity index (χ2v) is 7.89. The Kier molecular flexibility index (Phi) is 8.68. The fourth-order valence-electron chi connectivity index (χ4n) is 3.12. The lowest BCUT2D eigenvalue weighted by Crippen LogP contribution is -2.38. The Balaban J connectivity index is 1.40. The molecule has 0 aliphatic carbocycles. The van der Waals surface area contributed by atoms with Crippen molar-refractivity contribution in [3.63, 3.8) is 0 Å². The van der Waals surface area contributed by atoms with E-state index < -0.39 is 0 Å². The molecule has 1 heterocycles. The number of ether oxygens (including phenoxy) is 1. The average Bonchev–Trinajstić information content (AvgIpc) is 2.75. The van der Waals surface area contributed by atoms with Gasteiger partial charge in [-0.1, -0.05) is 42.5 Å². The first kappa shape index (κ1) is 20.7. The van der Waals surface area contributed by atoms with Gasteiger partial charge in [0, 0.05) is 50.4 Å². The van der Waals surface area contributed by atoms with E-state index in [-0.39, 0.29) is 0 Å². The van der Waals surface area contributed by atoms with Gasteiger partial charge in [0.1, 0.15) is 0 Å². The summed E-state index contributed by atoms with van der Waals surface area (Å²) >= 11 is 1.85. The van der Waals surface area contributed by atoms with E-state index >= 15 is 0 Å². The first-order valence-corrected chi connectivity index (χ1v) is 10.8. The number of morpholine rings is 1. The molecule has 28 heavy (non-hydrogen) atoms. The summed E-state index contributed by atoms with van der Waals surface area (Å²) in [5.41, 5.74) is 2.62. The molecule has 2 aromatic carbocycles. The Morgan fingerprint density at radius 1 is 1.04 bits per heavy atom. The van der Waals surface area contributed by atoms with Gasteiger partial charge in [0.25, 0.3) is 0 Å². The van der Waals surface area contributed by atoms with Crippen LogP contribution in [0.2, 0.25) is 0 Å². The Labute approximate surface area is 172 Å². The summed E-state index contributed by atoms with van der Waals surface area (Å²) in [4.78, 5) is 8.07. The SMILES string of the molecule is CN=C(NCCSc1ccccc1)NCc1cccc(CN2CCOCC2)c1. The van der Waals surface area contributed by atoms with Crippen molar-refractivity contribution < 1.29 is 4.74 Å². The first-order valence-electron chi connectivity index (χ1n) is 9.84. The highest BCUT2D eigenvalue weighted by molar-refractivity contribution is 7.99. The molecule has 5 nitrogen and oxygen atoms in total. The Bertz CT molecular complexity index is 732. The Morgan fingerprint density at radius 2 is 1.82 bits per heavy atom. The quantitative estimate of drug-likeness (QED) is 0.310. The van der Waals surface area contributed by atoms with Crippen LogP contribution in [-0.4, -0.2) is 56.5 Å². The second-order valence-electron chi connectivity index (χ2n) is 6.72. The van der Waals surface area contributed by atoms with Gasteiger partial charge in [0.2, 0.25) is 0 Å². The average molecular weight is 399 g/mol. The van der Waals surface area contributed by atoms with Crippen molar-refractivity contribution >= 4 is 17.7 Å². The number of rotatable bonds is 8. The standard InChI is InChI=1S/C22H30N4OS/c1-23-22(24-10-15-28-21-8-3-2-4-9-21)25-17-19-6-5-7-20(16-19)18-26-11-13-27-14-12-26/h2-9,16H,10-15,17-18H2,1H3,(H2,23,24,25). The topological polar surface area (TPSA) is 48.9 Å². The third-order valence-electron chi connectivity index (χ3n) is 4.59. The molecule has 150 valence electrons. The molecule has 1 saturated heterocycles. The number of thioether (sulfide) groups is 1. The van der Waals surface area contributed by atoms with Crippen LogP contribution in [0.4, 0.5) is 0 Å². The fraction of sp³-hybridized carbons (Fsp3) is 0.409. The molecule has 2 N–H and O–H groups in total. The molecule has 2 aromatic rings. The van der Waals surface area contributed by atoms with E-state index in [2.05, 4.69) is 69.1 Å². The molecule has 0 bridgehead atoms. The zero-order valence-electron chi connectivity index (χ0n) is 16.6. The third-order valence-corrected chi connectivity index (χ3v) is 5.61. The first-order chi connectivity index (χ1) is 13.8. The van der Waals surface area contributed by atoms with Gasteiger partial charge in [0.15, 0.2) is 5.96 Å². The molecule has 1 aliphatic heterocycles. The summed E-state index contributed by atoms with van der Waals surface area (Å²) in [7, 11) is 1.81. The lowest BCUT2D eigenvalue weighted by molar-refractivity contribution is 0.0342. The predicted octanol–water partition coefficient (Wildman–Crippen LogP) is 2.98. The number of nitrogens with one attached hydrogen (secondary N) is 2. The van der Waals surface area contributed by atoms with Crippen molar-refractivity contribution in [2.75, 3.05) is 45.6 Å². The highest BCUT2D eigenvalue weighted by Gasteiger charge is 2.10. The van der Waals surface area contributed by atoms with Crippen LogP contribution in [0.15, 0.2) is 64.5 Å². The van der Waals surface area contributed by atoms with Crippen molar-refractivity contribution in [3.8, 4) is 0 Å². The molecule has 1 aliphatic rings. The van der Waals surface area contributed by atoms with Crippen molar-refractivity contribution in [3.05, 3.63) is 65.7 Å². The molecule has 0 saturated carbocycles. The number of hydrogen-bond acceptors (Lipinski definition) is 4. The predicted molar refractivity (Wildman–Crippen MR) is 118 cm³/mol. The molecule has 3 rings (SSSR count). The minimum atomic E-state index is 0.766. The van der Waals surface area contributed by atoms with Gasteiger partial charge >= 0.3 is 0 Å². The number of hydrogen-bond donors (Lipinski definition) is 2. The van der Waals surface area contributed by atoms with Crippen LogP contribution in [0.3, 0.4) is 0 Å². The van der Waals surface area contributed by atoms with Crippen LogP contribution in [-0.2, 0) is 17.8 Å². The van der Waals surface area contributed by atoms with Crippen molar-refractivity contribution in [2.24, 2.45) is 4.99 Å². The number of benzene rings is 2. The van der Waals surface area contributed by atoms with Crippen LogP contribution in [0.25, 0.3) is 0 Å². The largest absolute Gasteiger partial charge is 0.379 e. The number of nitrogens with zero attached hydrogens (tertiary/aromatic N) is 2. The van der Waals surface area contributed by atoms with Crippen LogP contribution in [0, 0.1) is 0 Å². The van der Waals surface area contributed by atoms with Crippen LogP contribution in [0.5, 0.6) is 0 Å². The van der Waals surface area contributed by atoms with Gasteiger partial charge in [-0.05, 0) is 23.3 Å². The molecule has 0 aromatic heterocycles. The van der Waals surface area contributed by atoms with Gasteiger partial charge in [-0.3, -0.25) is 9.89 Å². The second kappa shape index (κ2) is 11.7. The van der Waals surface area contributed by atoms with Crippen molar-refractivity contribution in [1.29, 1.82) is 0 Å². The zero-order valence-corrected chi connectivity index (χ0v) is 17.4.